The Hall–Kier alpha value is -0.0500. The van der Waals surface area contributed by atoms with Crippen molar-refractivity contribution in [3.05, 3.63) is 4.91 Å². The molecular weight excluding hydrogens is 74.1 g/mol. The second-order valence-electron chi connectivity index (χ2n) is 0. The lowest BCUT2D eigenvalue weighted by Crippen LogP contribution is -0.865. The molecule has 0 aliphatic carbocycles. The Morgan fingerprint density at radius 1 is 1.50 bits per heavy atom. The summed E-state index contributed by atoms with van der Waals surface area (Å²) >= 11 is 3.53. The van der Waals surface area contributed by atoms with Crippen LogP contribution in [0.2, 0.25) is 0 Å². The predicted octanol–water partition coefficient (Wildman–Crippen LogP) is 0.878. The van der Waals surface area contributed by atoms with Crippen molar-refractivity contribution in [2.75, 3.05) is 6.26 Å². The summed E-state index contributed by atoms with van der Waals surface area (Å²) in [4.78, 5) is 7.50. The standard InChI is InChI=1S/CH4S.HNO/c2*1-2/h2H,1H3;1H. The average molecular weight is 79.1 g/mol. The van der Waals surface area contributed by atoms with Gasteiger partial charge in [-0.2, -0.15) is 17.5 Å². The van der Waals surface area contributed by atoms with Crippen LogP contribution in [0.1, 0.15) is 0 Å². The first-order valence-electron chi connectivity index (χ1n) is 0.651. The van der Waals surface area contributed by atoms with E-state index < -0.39 is 0 Å². The van der Waals surface area contributed by atoms with Crippen LogP contribution in [-0.2, 0) is 0 Å². The zero-order valence-corrected chi connectivity index (χ0v) is 3.25. The maximum absolute atomic E-state index is 7.50. The predicted molar refractivity (Wildman–Crippen MR) is 21.0 cm³/mol. The fraction of sp³-hybridized carbons (Fsp3) is 1.00. The van der Waals surface area contributed by atoms with Crippen molar-refractivity contribution >= 4 is 12.6 Å². The van der Waals surface area contributed by atoms with Gasteiger partial charge in [0.15, 0.2) is 0 Å². The summed E-state index contributed by atoms with van der Waals surface area (Å²) in [5, 5.41) is 0. The van der Waals surface area contributed by atoms with Crippen LogP contribution in [0.25, 0.3) is 0 Å². The largest absolute Gasteiger partial charge is 0.183 e. The highest BCUT2D eigenvalue weighted by atomic mass is 32.1. The van der Waals surface area contributed by atoms with E-state index >= 15 is 0 Å². The first-order valence-corrected chi connectivity index (χ1v) is 1.55. The third-order valence-corrected chi connectivity index (χ3v) is 0. The van der Waals surface area contributed by atoms with Gasteiger partial charge < -0.3 is 0 Å². The summed E-state index contributed by atoms with van der Waals surface area (Å²) in [5.41, 5.74) is 4.50. The molecule has 0 saturated heterocycles. The van der Waals surface area contributed by atoms with Gasteiger partial charge in [0.05, 0.1) is 0 Å². The molecule has 0 fully saturated rings. The molecule has 0 aliphatic heterocycles. The first-order chi connectivity index (χ1) is 2.00. The monoisotopic (exact) mass is 79.0 g/mol. The van der Waals surface area contributed by atoms with Crippen molar-refractivity contribution in [2.45, 2.75) is 0 Å². The quantitative estimate of drug-likeness (QED) is 0.328. The topological polar surface area (TPSA) is 40.9 Å². The van der Waals surface area contributed by atoms with E-state index in [2.05, 4.69) is 18.2 Å². The summed E-state index contributed by atoms with van der Waals surface area (Å²) in [6.07, 6.45) is 1.69. The van der Waals surface area contributed by atoms with Crippen molar-refractivity contribution in [1.82, 2.24) is 0 Å². The normalized spacial score (nSPS) is 2.50. The molecule has 0 amide bonds. The van der Waals surface area contributed by atoms with E-state index in [-0.39, 0.29) is 0 Å². The molecule has 3 heteroatoms. The van der Waals surface area contributed by atoms with Crippen LogP contribution in [0, 0.1) is 10.5 Å². The van der Waals surface area contributed by atoms with Crippen LogP contribution in [0.5, 0.6) is 0 Å². The van der Waals surface area contributed by atoms with Crippen LogP contribution in [-0.4, -0.2) is 6.26 Å². The van der Waals surface area contributed by atoms with Crippen LogP contribution in [0.3, 0.4) is 0 Å². The number of rotatable bonds is 0. The number of hydrogen-bond donors (Lipinski definition) is 2. The summed E-state index contributed by atoms with van der Waals surface area (Å²) in [6, 6.07) is 0. The lowest BCUT2D eigenvalue weighted by atomic mass is 12.0. The Labute approximate surface area is 30.4 Å². The van der Waals surface area contributed by atoms with E-state index in [1.54, 1.807) is 6.26 Å². The van der Waals surface area contributed by atoms with Gasteiger partial charge in [-0.1, -0.05) is 5.59 Å². The maximum atomic E-state index is 7.50. The molecule has 0 saturated carbocycles. The van der Waals surface area contributed by atoms with Crippen LogP contribution < -0.4 is 0 Å². The van der Waals surface area contributed by atoms with Gasteiger partial charge >= 0.3 is 0 Å². The minimum atomic E-state index is 1.69. The van der Waals surface area contributed by atoms with Crippen molar-refractivity contribution in [1.29, 1.82) is 5.59 Å². The third-order valence-electron chi connectivity index (χ3n) is 0. The number of thiol groups is 1. The molecule has 0 aliphatic rings. The van der Waals surface area contributed by atoms with Crippen LogP contribution in [0.15, 0.2) is 0 Å². The van der Waals surface area contributed by atoms with Gasteiger partial charge in [-0.15, -0.1) is 0 Å². The summed E-state index contributed by atoms with van der Waals surface area (Å²) in [5.74, 6) is 0. The van der Waals surface area contributed by atoms with E-state index in [1.807, 2.05) is 0 Å². The fourth-order valence-electron chi connectivity index (χ4n) is 0. The fourth-order valence-corrected chi connectivity index (χ4v) is 0. The van der Waals surface area contributed by atoms with E-state index in [4.69, 9.17) is 4.91 Å². The molecule has 0 aromatic carbocycles. The smallest absolute Gasteiger partial charge is 0.0215 e. The van der Waals surface area contributed by atoms with Crippen molar-refractivity contribution in [3.63, 3.8) is 0 Å². The highest BCUT2D eigenvalue weighted by Gasteiger charge is 0.901. The van der Waals surface area contributed by atoms with Crippen molar-refractivity contribution < 1.29 is 0 Å². The molecule has 0 unspecified atom stereocenters. The molecule has 0 aromatic rings. The lowest BCUT2D eigenvalue weighted by Gasteiger charge is -1.11. The van der Waals surface area contributed by atoms with Crippen molar-refractivity contribution in [3.8, 4) is 0 Å². The zero-order chi connectivity index (χ0) is 4.00. The molecule has 0 heterocycles. The SMILES string of the molecule is CS.N=O. The zero-order valence-electron chi connectivity index (χ0n) is 2.36. The highest BCUT2D eigenvalue weighted by molar-refractivity contribution is 7.79. The highest BCUT2D eigenvalue weighted by Crippen LogP contribution is 1.31. The van der Waals surface area contributed by atoms with Gasteiger partial charge in [0.1, 0.15) is 0 Å². The van der Waals surface area contributed by atoms with Gasteiger partial charge in [-0.05, 0) is 6.26 Å². The lowest BCUT2D eigenvalue weighted by molar-refractivity contribution is 1.49. The van der Waals surface area contributed by atoms with Gasteiger partial charge in [-0.3, -0.25) is 0 Å². The van der Waals surface area contributed by atoms with Gasteiger partial charge in [0, 0.05) is 0 Å². The Bertz CT molecular complexity index is 8.00. The van der Waals surface area contributed by atoms with Gasteiger partial charge in [-0.25, -0.2) is 0 Å². The third kappa shape index (κ3) is 704. The number of nitroso groups, excluding NO2 is 1. The molecule has 4 heavy (non-hydrogen) atoms. The minimum Gasteiger partial charge on any atom is -0.183 e. The van der Waals surface area contributed by atoms with Gasteiger partial charge in [0.25, 0.3) is 0 Å². The Kier molecular flexibility index (Phi) is 10100. The first kappa shape index (κ1) is 9.04. The average Bonchev–Trinajstić information content (AvgIpc) is 1.50. The molecule has 0 rings (SSSR count). The molecule has 0 aromatic heterocycles. The van der Waals surface area contributed by atoms with Crippen LogP contribution >= 0.6 is 12.6 Å². The Morgan fingerprint density at radius 3 is 1.50 bits per heavy atom. The second-order valence-corrected chi connectivity index (χ2v) is 0. The summed E-state index contributed by atoms with van der Waals surface area (Å²) in [7, 11) is 0. The maximum Gasteiger partial charge on any atom is -0.0215 e. The molecule has 0 bridgehead atoms. The molecule has 26 valence electrons. The minimum absolute atomic E-state index is 1.69. The van der Waals surface area contributed by atoms with E-state index in [1.165, 1.54) is 0 Å². The molecule has 0 radical (unpaired) electrons. The molecular formula is CH5NOS. The Morgan fingerprint density at radius 2 is 1.50 bits per heavy atom. The summed E-state index contributed by atoms with van der Waals surface area (Å²) < 4.78 is 0. The number of hydrogen-bond acceptors (Lipinski definition) is 3. The van der Waals surface area contributed by atoms with Gasteiger partial charge in [0.2, 0.25) is 0 Å². The van der Waals surface area contributed by atoms with Crippen LogP contribution in [0.4, 0.5) is 0 Å². The molecule has 0 atom stereocenters. The van der Waals surface area contributed by atoms with E-state index in [9.17, 15) is 0 Å². The van der Waals surface area contributed by atoms with E-state index in [0.29, 0.717) is 0 Å². The summed E-state index contributed by atoms with van der Waals surface area (Å²) in [6.45, 7) is 0. The molecule has 0 spiro atoms. The second kappa shape index (κ2) is 4490. The Balaban J connectivity index is 0. The van der Waals surface area contributed by atoms with Crippen molar-refractivity contribution in [2.24, 2.45) is 0 Å². The molecule has 2 nitrogen and oxygen atoms in total. The number of nitrogens with one attached hydrogen (secondary N) is 1. The molecule has 1 N–H and O–H groups in total. The van der Waals surface area contributed by atoms with E-state index in [0.717, 1.165) is 0 Å².